The Morgan fingerprint density at radius 1 is 1.31 bits per heavy atom. The average Bonchev–Trinajstić information content (AvgIpc) is 2.50. The van der Waals surface area contributed by atoms with Crippen LogP contribution in [0.5, 0.6) is 0 Å². The Hall–Kier alpha value is -1.93. The van der Waals surface area contributed by atoms with E-state index in [1.165, 1.54) is 4.90 Å². The normalized spacial score (nSPS) is 21.9. The molecule has 1 saturated heterocycles. The van der Waals surface area contributed by atoms with Gasteiger partial charge in [0.05, 0.1) is 12.8 Å². The van der Waals surface area contributed by atoms with Crippen molar-refractivity contribution < 1.29 is 18.0 Å². The number of amides is 2. The van der Waals surface area contributed by atoms with E-state index in [-0.39, 0.29) is 37.5 Å². The molecule has 2 amide bonds. The minimum Gasteiger partial charge on any atom is -0.352 e. The van der Waals surface area contributed by atoms with Crippen LogP contribution in [0.15, 0.2) is 24.3 Å². The lowest BCUT2D eigenvalue weighted by molar-refractivity contribution is -0.153. The summed E-state index contributed by atoms with van der Waals surface area (Å²) in [5.41, 5.74) is 0.653. The first-order chi connectivity index (χ1) is 11.9. The van der Waals surface area contributed by atoms with Gasteiger partial charge in [-0.05, 0) is 38.8 Å². The van der Waals surface area contributed by atoms with Crippen molar-refractivity contribution in [3.05, 3.63) is 35.4 Å². The molecule has 144 valence electrons. The Kier molecular flexibility index (Phi) is 5.77. The summed E-state index contributed by atoms with van der Waals surface area (Å²) in [5.74, 6) is -0.742. The number of carbonyl (C=O) groups is 2. The van der Waals surface area contributed by atoms with Crippen LogP contribution >= 0.6 is 0 Å². The van der Waals surface area contributed by atoms with Crippen molar-refractivity contribution in [3.63, 3.8) is 0 Å². The number of hydrogen-bond donors (Lipinski definition) is 1. The number of rotatable bonds is 5. The maximum absolute atomic E-state index is 12.9. The largest absolute Gasteiger partial charge is 0.352 e. The number of hydrogen-bond acceptors (Lipinski definition) is 4. The van der Waals surface area contributed by atoms with E-state index < -0.39 is 15.6 Å². The second kappa shape index (κ2) is 7.36. The Morgan fingerprint density at radius 3 is 2.46 bits per heavy atom. The zero-order chi connectivity index (χ0) is 19.7. The first-order valence-corrected chi connectivity index (χ1v) is 10.4. The van der Waals surface area contributed by atoms with Gasteiger partial charge in [0, 0.05) is 19.1 Å². The van der Waals surface area contributed by atoms with Crippen LogP contribution in [0, 0.1) is 6.92 Å². The molecule has 0 spiro atoms. The van der Waals surface area contributed by atoms with Crippen LogP contribution < -0.4 is 5.32 Å². The molecule has 1 aliphatic rings. The van der Waals surface area contributed by atoms with Crippen LogP contribution in [0.4, 0.5) is 0 Å². The lowest BCUT2D eigenvalue weighted by Gasteiger charge is -2.47. The lowest BCUT2D eigenvalue weighted by atomic mass is 9.93. The molecule has 0 radical (unpaired) electrons. The summed E-state index contributed by atoms with van der Waals surface area (Å²) in [6.07, 6.45) is 1.05. The quantitative estimate of drug-likeness (QED) is 0.820. The second-order valence-corrected chi connectivity index (χ2v) is 9.32. The summed E-state index contributed by atoms with van der Waals surface area (Å²) >= 11 is 0. The molecule has 0 aliphatic carbocycles. The van der Waals surface area contributed by atoms with Gasteiger partial charge in [0.2, 0.25) is 21.8 Å². The van der Waals surface area contributed by atoms with Gasteiger partial charge in [-0.2, -0.15) is 4.31 Å². The van der Waals surface area contributed by atoms with Gasteiger partial charge in [-0.3, -0.25) is 9.59 Å². The topological polar surface area (TPSA) is 86.8 Å². The van der Waals surface area contributed by atoms with Crippen LogP contribution in [-0.2, 0) is 26.2 Å². The molecule has 0 bridgehead atoms. The molecule has 1 aromatic carbocycles. The van der Waals surface area contributed by atoms with Crippen LogP contribution in [-0.4, -0.2) is 60.4 Å². The van der Waals surface area contributed by atoms with Crippen LogP contribution in [0.3, 0.4) is 0 Å². The fraction of sp³-hybridized carbons (Fsp3) is 0.556. The van der Waals surface area contributed by atoms with Gasteiger partial charge in [-0.1, -0.05) is 24.3 Å². The van der Waals surface area contributed by atoms with Crippen molar-refractivity contribution >= 4 is 21.8 Å². The van der Waals surface area contributed by atoms with Crippen LogP contribution in [0.2, 0.25) is 0 Å². The van der Waals surface area contributed by atoms with E-state index in [1.807, 2.05) is 45.0 Å². The molecule has 1 N–H and O–H groups in total. The molecule has 1 aromatic rings. The molecule has 0 aromatic heterocycles. The van der Waals surface area contributed by atoms with Gasteiger partial charge in [0.1, 0.15) is 5.54 Å². The van der Waals surface area contributed by atoms with E-state index >= 15 is 0 Å². The minimum atomic E-state index is -3.59. The highest BCUT2D eigenvalue weighted by atomic mass is 32.2. The van der Waals surface area contributed by atoms with Crippen molar-refractivity contribution in [2.45, 2.75) is 45.8 Å². The molecule has 1 aliphatic heterocycles. The Morgan fingerprint density at radius 2 is 1.92 bits per heavy atom. The van der Waals surface area contributed by atoms with Crippen LogP contribution in [0.25, 0.3) is 0 Å². The average molecular weight is 381 g/mol. The first-order valence-electron chi connectivity index (χ1n) is 8.56. The van der Waals surface area contributed by atoms with Crippen molar-refractivity contribution in [1.82, 2.24) is 14.5 Å². The highest BCUT2D eigenvalue weighted by molar-refractivity contribution is 7.88. The molecular weight excluding hydrogens is 354 g/mol. The predicted molar refractivity (Wildman–Crippen MR) is 99.8 cm³/mol. The van der Waals surface area contributed by atoms with Crippen molar-refractivity contribution in [2.75, 3.05) is 19.3 Å². The van der Waals surface area contributed by atoms with Gasteiger partial charge in [0.25, 0.3) is 0 Å². The van der Waals surface area contributed by atoms with E-state index in [4.69, 9.17) is 0 Å². The Labute approximate surface area is 155 Å². The third kappa shape index (κ3) is 4.24. The molecule has 1 fully saturated rings. The summed E-state index contributed by atoms with van der Waals surface area (Å²) in [6.45, 7) is 7.15. The summed E-state index contributed by atoms with van der Waals surface area (Å²) in [5, 5.41) is 2.82. The lowest BCUT2D eigenvalue weighted by Crippen LogP contribution is -2.69. The summed E-state index contributed by atoms with van der Waals surface area (Å²) in [4.78, 5) is 27.2. The zero-order valence-electron chi connectivity index (χ0n) is 15.9. The monoisotopic (exact) mass is 381 g/mol. The fourth-order valence-electron chi connectivity index (χ4n) is 3.06. The van der Waals surface area contributed by atoms with E-state index in [0.717, 1.165) is 21.7 Å². The third-order valence-electron chi connectivity index (χ3n) is 4.66. The van der Waals surface area contributed by atoms with E-state index in [1.54, 1.807) is 6.92 Å². The highest BCUT2D eigenvalue weighted by Crippen LogP contribution is 2.27. The third-order valence-corrected chi connectivity index (χ3v) is 5.86. The molecule has 1 heterocycles. The van der Waals surface area contributed by atoms with E-state index in [2.05, 4.69) is 5.32 Å². The number of sulfonamides is 1. The van der Waals surface area contributed by atoms with Gasteiger partial charge in [-0.15, -0.1) is 0 Å². The smallest absolute Gasteiger partial charge is 0.247 e. The molecule has 2 rings (SSSR count). The van der Waals surface area contributed by atoms with Gasteiger partial charge in [0.15, 0.2) is 0 Å². The molecule has 7 nitrogen and oxygen atoms in total. The van der Waals surface area contributed by atoms with E-state index in [0.29, 0.717) is 0 Å². The number of carbonyl (C=O) groups excluding carboxylic acids is 2. The summed E-state index contributed by atoms with van der Waals surface area (Å²) in [6, 6.07) is 7.52. The number of benzene rings is 1. The van der Waals surface area contributed by atoms with Crippen LogP contribution in [0.1, 0.15) is 31.9 Å². The second-order valence-electron chi connectivity index (χ2n) is 7.34. The maximum atomic E-state index is 12.9. The predicted octanol–water partition coefficient (Wildman–Crippen LogP) is 0.882. The zero-order valence-corrected chi connectivity index (χ0v) is 16.8. The molecule has 8 heteroatoms. The number of piperazine rings is 1. The maximum Gasteiger partial charge on any atom is 0.247 e. The molecule has 1 unspecified atom stereocenters. The minimum absolute atomic E-state index is 0.0675. The SMILES string of the molecule is Cc1ccccc1CN1C(=O)CN(S(C)(=O)=O)CC1(C)C(=O)NC(C)C. The molecule has 26 heavy (non-hydrogen) atoms. The first kappa shape index (κ1) is 20.4. The van der Waals surface area contributed by atoms with Crippen molar-refractivity contribution in [3.8, 4) is 0 Å². The molecule has 0 saturated carbocycles. The van der Waals surface area contributed by atoms with Crippen molar-refractivity contribution in [1.29, 1.82) is 0 Å². The number of aryl methyl sites for hydroxylation is 1. The van der Waals surface area contributed by atoms with Gasteiger partial charge >= 0.3 is 0 Å². The molecular formula is C18H27N3O4S. The van der Waals surface area contributed by atoms with Crippen molar-refractivity contribution in [2.24, 2.45) is 0 Å². The summed E-state index contributed by atoms with van der Waals surface area (Å²) < 4.78 is 25.1. The Bertz CT molecular complexity index is 806. The summed E-state index contributed by atoms with van der Waals surface area (Å²) in [7, 11) is -3.59. The number of nitrogens with zero attached hydrogens (tertiary/aromatic N) is 2. The standard InChI is InChI=1S/C18H27N3O4S/c1-13(2)19-17(23)18(4)12-20(26(5,24)25)11-16(22)21(18)10-15-9-7-6-8-14(15)3/h6-9,13H,10-12H2,1-5H3,(H,19,23). The number of nitrogens with one attached hydrogen (secondary N) is 1. The molecule has 1 atom stereocenters. The highest BCUT2D eigenvalue weighted by Gasteiger charge is 2.49. The Balaban J connectivity index is 2.44. The van der Waals surface area contributed by atoms with E-state index in [9.17, 15) is 18.0 Å². The van der Waals surface area contributed by atoms with Gasteiger partial charge in [-0.25, -0.2) is 8.42 Å². The van der Waals surface area contributed by atoms with Gasteiger partial charge < -0.3 is 10.2 Å². The fourth-order valence-corrected chi connectivity index (χ4v) is 3.89.